The average Bonchev–Trinajstić information content (AvgIpc) is 3.32. The third kappa shape index (κ3) is 3.01. The van der Waals surface area contributed by atoms with Crippen molar-refractivity contribution in [1.82, 2.24) is 14.7 Å². The highest BCUT2D eigenvalue weighted by Gasteiger charge is 2.64. The molecule has 0 aromatic carbocycles. The van der Waals surface area contributed by atoms with Crippen LogP contribution in [0, 0.1) is 16.7 Å². The summed E-state index contributed by atoms with van der Waals surface area (Å²) in [5.74, 6) is 1.10. The highest BCUT2D eigenvalue weighted by atomic mass is 32.1. The second-order valence-corrected chi connectivity index (χ2v) is 10.1. The van der Waals surface area contributed by atoms with Crippen molar-refractivity contribution in [2.24, 2.45) is 16.7 Å². The van der Waals surface area contributed by atoms with Crippen molar-refractivity contribution < 1.29 is 9.59 Å². The van der Waals surface area contributed by atoms with E-state index in [1.807, 2.05) is 34.4 Å². The van der Waals surface area contributed by atoms with Gasteiger partial charge in [-0.05, 0) is 36.6 Å². The summed E-state index contributed by atoms with van der Waals surface area (Å²) in [5.41, 5.74) is -0.218. The van der Waals surface area contributed by atoms with E-state index in [0.717, 1.165) is 63.4 Å². The van der Waals surface area contributed by atoms with Gasteiger partial charge in [-0.15, -0.1) is 11.3 Å². The Balaban J connectivity index is 1.55. The molecule has 4 heterocycles. The van der Waals surface area contributed by atoms with Crippen LogP contribution >= 0.6 is 11.3 Å². The van der Waals surface area contributed by atoms with Gasteiger partial charge in [0.2, 0.25) is 5.91 Å². The van der Waals surface area contributed by atoms with Crippen LogP contribution in [0.5, 0.6) is 0 Å². The monoisotopic (exact) mass is 389 g/mol. The van der Waals surface area contributed by atoms with Crippen molar-refractivity contribution in [3.63, 3.8) is 0 Å². The summed E-state index contributed by atoms with van der Waals surface area (Å²) in [4.78, 5) is 33.3. The quantitative estimate of drug-likeness (QED) is 0.798. The first-order valence-corrected chi connectivity index (χ1v) is 11.1. The minimum absolute atomic E-state index is 0.0238. The Kier molecular flexibility index (Phi) is 4.83. The van der Waals surface area contributed by atoms with E-state index < -0.39 is 0 Å². The number of nitrogens with zero attached hydrogens (tertiary/aromatic N) is 3. The van der Waals surface area contributed by atoms with Gasteiger partial charge in [0.15, 0.2) is 0 Å². The molecule has 0 saturated carbocycles. The molecule has 5 nitrogen and oxygen atoms in total. The van der Waals surface area contributed by atoms with E-state index in [-0.39, 0.29) is 16.7 Å². The van der Waals surface area contributed by atoms with Gasteiger partial charge in [0.25, 0.3) is 5.91 Å². The molecule has 0 bridgehead atoms. The van der Waals surface area contributed by atoms with Crippen LogP contribution in [-0.2, 0) is 4.79 Å². The molecular weight excluding hydrogens is 358 g/mol. The molecular formula is C21H31N3O2S. The zero-order valence-electron chi connectivity index (χ0n) is 16.7. The van der Waals surface area contributed by atoms with Gasteiger partial charge in [0.1, 0.15) is 0 Å². The van der Waals surface area contributed by atoms with Crippen LogP contribution in [0.2, 0.25) is 0 Å². The number of likely N-dealkylation sites (tertiary alicyclic amines) is 3. The third-order valence-corrected chi connectivity index (χ3v) is 7.89. The first-order chi connectivity index (χ1) is 12.9. The number of amides is 2. The van der Waals surface area contributed by atoms with Gasteiger partial charge in [0.05, 0.1) is 10.3 Å². The molecule has 2 spiro atoms. The Hall–Kier alpha value is -1.40. The first-order valence-electron chi connectivity index (χ1n) is 10.2. The number of carbonyl (C=O) groups is 2. The molecule has 0 radical (unpaired) electrons. The lowest BCUT2D eigenvalue weighted by Crippen LogP contribution is -2.53. The number of hydrogen-bond donors (Lipinski definition) is 0. The SMILES string of the molecule is CC(C)CN1CC2(CCN(C(=O)c3cccs3)CC2)[C@]2(CCN(C)C2=O)C1. The maximum absolute atomic E-state index is 13.3. The van der Waals surface area contributed by atoms with E-state index in [4.69, 9.17) is 0 Å². The Morgan fingerprint density at radius 2 is 1.93 bits per heavy atom. The number of carbonyl (C=O) groups excluding carboxylic acids is 2. The molecule has 3 aliphatic heterocycles. The molecule has 1 atom stereocenters. The van der Waals surface area contributed by atoms with Crippen LogP contribution in [0.4, 0.5) is 0 Å². The fourth-order valence-corrected chi connectivity index (χ4v) is 6.42. The van der Waals surface area contributed by atoms with Crippen LogP contribution in [0.3, 0.4) is 0 Å². The fourth-order valence-electron chi connectivity index (χ4n) is 5.73. The molecule has 1 aromatic heterocycles. The standard InChI is InChI=1S/C21H31N3O2S/c1-16(2)13-23-14-20(21(15-23)8-9-22(3)19(21)26)6-10-24(11-7-20)18(25)17-5-4-12-27-17/h4-5,12,16H,6-11,13-15H2,1-3H3/t21-/m1/s1. The van der Waals surface area contributed by atoms with E-state index in [9.17, 15) is 9.59 Å². The van der Waals surface area contributed by atoms with E-state index in [1.165, 1.54) is 11.3 Å². The summed E-state index contributed by atoms with van der Waals surface area (Å²) in [6.45, 7) is 9.87. The predicted octanol–water partition coefficient (Wildman–Crippen LogP) is 2.79. The van der Waals surface area contributed by atoms with Crippen molar-refractivity contribution in [3.8, 4) is 0 Å². The van der Waals surface area contributed by atoms with Crippen LogP contribution in [0.15, 0.2) is 17.5 Å². The summed E-state index contributed by atoms with van der Waals surface area (Å²) in [7, 11) is 1.95. The van der Waals surface area contributed by atoms with Gasteiger partial charge in [0, 0.05) is 51.7 Å². The van der Waals surface area contributed by atoms with Crippen molar-refractivity contribution >= 4 is 23.2 Å². The predicted molar refractivity (Wildman–Crippen MR) is 108 cm³/mol. The molecule has 1 aromatic rings. The highest BCUT2D eigenvalue weighted by Crippen LogP contribution is 2.57. The molecule has 0 N–H and O–H groups in total. The fraction of sp³-hybridized carbons (Fsp3) is 0.714. The Morgan fingerprint density at radius 3 is 2.48 bits per heavy atom. The topological polar surface area (TPSA) is 43.9 Å². The van der Waals surface area contributed by atoms with Gasteiger partial charge >= 0.3 is 0 Å². The number of hydrogen-bond acceptors (Lipinski definition) is 4. The van der Waals surface area contributed by atoms with Crippen LogP contribution in [0.25, 0.3) is 0 Å². The molecule has 0 unspecified atom stereocenters. The Bertz CT molecular complexity index is 709. The van der Waals surface area contributed by atoms with E-state index in [2.05, 4.69) is 18.7 Å². The Labute approximate surface area is 166 Å². The number of fused-ring (bicyclic) bond motifs is 1. The molecule has 3 saturated heterocycles. The minimum Gasteiger partial charge on any atom is -0.345 e. The summed E-state index contributed by atoms with van der Waals surface area (Å²) >= 11 is 1.51. The van der Waals surface area contributed by atoms with Gasteiger partial charge in [-0.3, -0.25) is 9.59 Å². The summed E-state index contributed by atoms with van der Waals surface area (Å²) in [6.07, 6.45) is 2.85. The second-order valence-electron chi connectivity index (χ2n) is 9.17. The average molecular weight is 390 g/mol. The number of thiophene rings is 1. The summed E-state index contributed by atoms with van der Waals surface area (Å²) in [6, 6.07) is 3.85. The van der Waals surface area contributed by atoms with Crippen LogP contribution in [0.1, 0.15) is 42.8 Å². The van der Waals surface area contributed by atoms with Gasteiger partial charge in [-0.1, -0.05) is 19.9 Å². The number of piperidine rings is 1. The molecule has 6 heteroatoms. The summed E-state index contributed by atoms with van der Waals surface area (Å²) in [5, 5.41) is 1.96. The first kappa shape index (κ1) is 18.9. The van der Waals surface area contributed by atoms with Gasteiger partial charge in [-0.2, -0.15) is 0 Å². The van der Waals surface area contributed by atoms with E-state index in [1.54, 1.807) is 0 Å². The van der Waals surface area contributed by atoms with Gasteiger partial charge < -0.3 is 14.7 Å². The van der Waals surface area contributed by atoms with Crippen molar-refractivity contribution in [3.05, 3.63) is 22.4 Å². The van der Waals surface area contributed by atoms with E-state index in [0.29, 0.717) is 11.8 Å². The largest absolute Gasteiger partial charge is 0.345 e. The van der Waals surface area contributed by atoms with E-state index >= 15 is 0 Å². The van der Waals surface area contributed by atoms with Crippen molar-refractivity contribution in [1.29, 1.82) is 0 Å². The molecule has 3 aliphatic rings. The molecule has 27 heavy (non-hydrogen) atoms. The third-order valence-electron chi connectivity index (χ3n) is 7.03. The zero-order chi connectivity index (χ0) is 19.2. The minimum atomic E-state index is -0.241. The Morgan fingerprint density at radius 1 is 1.19 bits per heavy atom. The maximum atomic E-state index is 13.3. The smallest absolute Gasteiger partial charge is 0.263 e. The lowest BCUT2D eigenvalue weighted by atomic mass is 9.60. The molecule has 4 rings (SSSR count). The molecule has 3 fully saturated rings. The lowest BCUT2D eigenvalue weighted by Gasteiger charge is -2.47. The van der Waals surface area contributed by atoms with Crippen molar-refractivity contribution in [2.45, 2.75) is 33.1 Å². The highest BCUT2D eigenvalue weighted by molar-refractivity contribution is 7.12. The maximum Gasteiger partial charge on any atom is 0.263 e. The lowest BCUT2D eigenvalue weighted by molar-refractivity contribution is -0.141. The normalized spacial score (nSPS) is 28.2. The van der Waals surface area contributed by atoms with Crippen LogP contribution < -0.4 is 0 Å². The van der Waals surface area contributed by atoms with Gasteiger partial charge in [-0.25, -0.2) is 0 Å². The van der Waals surface area contributed by atoms with Crippen LogP contribution in [-0.4, -0.2) is 72.8 Å². The molecule has 0 aliphatic carbocycles. The zero-order valence-corrected chi connectivity index (χ0v) is 17.6. The van der Waals surface area contributed by atoms with Crippen molar-refractivity contribution in [2.75, 3.05) is 46.3 Å². The second kappa shape index (κ2) is 6.89. The molecule has 2 amide bonds. The molecule has 148 valence electrons. The summed E-state index contributed by atoms with van der Waals surface area (Å²) < 4.78 is 0. The number of rotatable bonds is 3.